The third-order valence-corrected chi connectivity index (χ3v) is 4.11. The van der Waals surface area contributed by atoms with Crippen LogP contribution in [0.4, 0.5) is 0 Å². The van der Waals surface area contributed by atoms with Gasteiger partial charge in [-0.15, -0.1) is 6.42 Å². The van der Waals surface area contributed by atoms with Crippen molar-refractivity contribution in [1.29, 1.82) is 0 Å². The Morgan fingerprint density at radius 2 is 2.08 bits per heavy atom. The number of hydrazone groups is 1. The zero-order valence-corrected chi connectivity index (χ0v) is 16.0. The molecule has 0 bridgehead atoms. The maximum Gasteiger partial charge on any atom is 0.175 e. The minimum atomic E-state index is 0.197. The number of hydrogen-bond acceptors (Lipinski definition) is 4. The lowest BCUT2D eigenvalue weighted by Crippen LogP contribution is -2.05. The Bertz CT molecular complexity index is 755. The molecule has 1 N–H and O–H groups in total. The molecule has 124 valence electrons. The first-order valence-corrected chi connectivity index (χ1v) is 8.54. The van der Waals surface area contributed by atoms with E-state index in [-0.39, 0.29) is 6.61 Å². The molecule has 0 atom stereocenters. The lowest BCUT2D eigenvalue weighted by Gasteiger charge is -2.11. The number of halogens is 2. The van der Waals surface area contributed by atoms with Gasteiger partial charge in [-0.2, -0.15) is 5.10 Å². The summed E-state index contributed by atoms with van der Waals surface area (Å²) in [6.07, 6.45) is 6.96. The fraction of sp³-hybridized carbons (Fsp3) is 0.167. The summed E-state index contributed by atoms with van der Waals surface area (Å²) >= 11 is 8.04. The molecule has 0 spiro atoms. The van der Waals surface area contributed by atoms with Gasteiger partial charge in [0.15, 0.2) is 11.5 Å². The molecule has 24 heavy (non-hydrogen) atoms. The average Bonchev–Trinajstić information content (AvgIpc) is 2.59. The Kier molecular flexibility index (Phi) is 7.22. The third-order valence-electron chi connectivity index (χ3n) is 3.05. The highest BCUT2D eigenvalue weighted by atomic mass is 127. The second kappa shape index (κ2) is 9.40. The Hall–Kier alpha value is -1.91. The molecule has 0 heterocycles. The van der Waals surface area contributed by atoms with Crippen molar-refractivity contribution in [3.05, 3.63) is 56.1 Å². The first-order valence-electron chi connectivity index (χ1n) is 7.08. The van der Waals surface area contributed by atoms with E-state index in [0.29, 0.717) is 18.0 Å². The Labute approximate surface area is 160 Å². The maximum atomic E-state index is 5.86. The molecule has 0 aromatic heterocycles. The molecule has 4 nitrogen and oxygen atoms in total. The molecular formula is C18H16ClIN2O2. The maximum absolute atomic E-state index is 5.86. The predicted molar refractivity (Wildman–Crippen MR) is 106 cm³/mol. The highest BCUT2D eigenvalue weighted by molar-refractivity contribution is 14.1. The van der Waals surface area contributed by atoms with Crippen LogP contribution in [0.5, 0.6) is 11.5 Å². The van der Waals surface area contributed by atoms with Gasteiger partial charge >= 0.3 is 0 Å². The van der Waals surface area contributed by atoms with Crippen molar-refractivity contribution in [2.24, 2.45) is 5.10 Å². The smallest absolute Gasteiger partial charge is 0.175 e. The van der Waals surface area contributed by atoms with Crippen molar-refractivity contribution in [2.75, 3.05) is 13.7 Å². The number of nitrogens with zero attached hydrogens (tertiary/aromatic N) is 1. The Morgan fingerprint density at radius 3 is 2.75 bits per heavy atom. The highest BCUT2D eigenvalue weighted by Crippen LogP contribution is 2.33. The Morgan fingerprint density at radius 1 is 1.33 bits per heavy atom. The van der Waals surface area contributed by atoms with E-state index >= 15 is 0 Å². The van der Waals surface area contributed by atoms with Crippen molar-refractivity contribution in [3.8, 4) is 23.8 Å². The number of ether oxygens (including phenoxy) is 2. The molecular weight excluding hydrogens is 439 g/mol. The van der Waals surface area contributed by atoms with Gasteiger partial charge in [0.25, 0.3) is 0 Å². The van der Waals surface area contributed by atoms with Gasteiger partial charge < -0.3 is 14.9 Å². The summed E-state index contributed by atoms with van der Waals surface area (Å²) in [5, 5.41) is 4.95. The molecule has 2 aromatic carbocycles. The number of methoxy groups -OCH3 is 1. The van der Waals surface area contributed by atoms with Gasteiger partial charge in [-0.05, 0) is 58.0 Å². The summed E-state index contributed by atoms with van der Waals surface area (Å²) < 4.78 is 11.8. The first-order chi connectivity index (χ1) is 11.6. The third kappa shape index (κ3) is 5.32. The second-order valence-corrected chi connectivity index (χ2v) is 6.35. The van der Waals surface area contributed by atoms with Crippen LogP contribution in [-0.4, -0.2) is 19.9 Å². The zero-order chi connectivity index (χ0) is 17.4. The van der Waals surface area contributed by atoms with Crippen LogP contribution in [0.1, 0.15) is 11.1 Å². The van der Waals surface area contributed by atoms with Gasteiger partial charge in [-0.25, -0.2) is 0 Å². The second-order valence-electron chi connectivity index (χ2n) is 4.75. The van der Waals surface area contributed by atoms with Crippen LogP contribution in [-0.2, 0) is 6.54 Å². The quantitative estimate of drug-likeness (QED) is 0.297. The van der Waals surface area contributed by atoms with Crippen molar-refractivity contribution in [2.45, 2.75) is 6.54 Å². The average molecular weight is 455 g/mol. The van der Waals surface area contributed by atoms with Crippen molar-refractivity contribution in [3.63, 3.8) is 0 Å². The van der Waals surface area contributed by atoms with Crippen LogP contribution in [0.25, 0.3) is 0 Å². The minimum Gasteiger partial charge on any atom is -0.493 e. The summed E-state index contributed by atoms with van der Waals surface area (Å²) in [6.45, 7) is 0.813. The molecule has 6 heteroatoms. The van der Waals surface area contributed by atoms with Gasteiger partial charge in [-0.1, -0.05) is 29.7 Å². The van der Waals surface area contributed by atoms with Crippen LogP contribution in [0.3, 0.4) is 0 Å². The SMILES string of the molecule is C#CCOc1c(I)cc(/C=N\NCc2ccc(Cl)cc2)cc1OC. The van der Waals surface area contributed by atoms with E-state index in [9.17, 15) is 0 Å². The molecule has 0 saturated heterocycles. The normalized spacial score (nSPS) is 10.4. The molecule has 0 aliphatic heterocycles. The zero-order valence-electron chi connectivity index (χ0n) is 13.1. The lowest BCUT2D eigenvalue weighted by molar-refractivity contribution is 0.328. The van der Waals surface area contributed by atoms with E-state index in [0.717, 1.165) is 19.7 Å². The lowest BCUT2D eigenvalue weighted by atomic mass is 10.2. The fourth-order valence-electron chi connectivity index (χ4n) is 1.93. The number of terminal acetylenes is 1. The summed E-state index contributed by atoms with van der Waals surface area (Å²) in [4.78, 5) is 0. The van der Waals surface area contributed by atoms with Gasteiger partial charge in [0.2, 0.25) is 0 Å². The van der Waals surface area contributed by atoms with Crippen LogP contribution in [0.15, 0.2) is 41.5 Å². The summed E-state index contributed by atoms with van der Waals surface area (Å²) in [5.74, 6) is 3.71. The van der Waals surface area contributed by atoms with Crippen molar-refractivity contribution in [1.82, 2.24) is 5.43 Å². The molecule has 0 aliphatic rings. The largest absolute Gasteiger partial charge is 0.493 e. The fourth-order valence-corrected chi connectivity index (χ4v) is 2.83. The van der Waals surface area contributed by atoms with Crippen molar-refractivity contribution >= 4 is 40.4 Å². The summed E-state index contributed by atoms with van der Waals surface area (Å²) in [5.41, 5.74) is 5.00. The Balaban J connectivity index is 2.02. The van der Waals surface area contributed by atoms with E-state index in [1.807, 2.05) is 36.4 Å². The van der Waals surface area contributed by atoms with Crippen LogP contribution < -0.4 is 14.9 Å². The van der Waals surface area contributed by atoms with E-state index in [1.54, 1.807) is 13.3 Å². The molecule has 0 amide bonds. The van der Waals surface area contributed by atoms with E-state index in [1.165, 1.54) is 0 Å². The highest BCUT2D eigenvalue weighted by Gasteiger charge is 2.10. The summed E-state index contributed by atoms with van der Waals surface area (Å²) in [6, 6.07) is 11.4. The topological polar surface area (TPSA) is 42.8 Å². The van der Waals surface area contributed by atoms with E-state index < -0.39 is 0 Å². The molecule has 2 rings (SSSR count). The number of rotatable bonds is 7. The molecule has 0 unspecified atom stereocenters. The van der Waals surface area contributed by atoms with Gasteiger partial charge in [0.05, 0.1) is 23.4 Å². The van der Waals surface area contributed by atoms with Gasteiger partial charge in [0.1, 0.15) is 6.61 Å². The van der Waals surface area contributed by atoms with Crippen LogP contribution in [0, 0.1) is 15.9 Å². The van der Waals surface area contributed by atoms with Crippen molar-refractivity contribution < 1.29 is 9.47 Å². The van der Waals surface area contributed by atoms with Crippen LogP contribution >= 0.6 is 34.2 Å². The molecule has 0 saturated carbocycles. The molecule has 0 aliphatic carbocycles. The van der Waals surface area contributed by atoms with Crippen LogP contribution in [0.2, 0.25) is 5.02 Å². The number of nitrogens with one attached hydrogen (secondary N) is 1. The van der Waals surface area contributed by atoms with Gasteiger partial charge in [-0.3, -0.25) is 0 Å². The molecule has 2 aromatic rings. The molecule has 0 fully saturated rings. The van der Waals surface area contributed by atoms with E-state index in [4.69, 9.17) is 27.5 Å². The number of benzene rings is 2. The molecule has 0 radical (unpaired) electrons. The predicted octanol–water partition coefficient (Wildman–Crippen LogP) is 4.09. The van der Waals surface area contributed by atoms with Gasteiger partial charge in [0, 0.05) is 5.02 Å². The summed E-state index contributed by atoms with van der Waals surface area (Å²) in [7, 11) is 1.59. The number of hydrogen-bond donors (Lipinski definition) is 1. The monoisotopic (exact) mass is 454 g/mol. The minimum absolute atomic E-state index is 0.197. The first kappa shape index (κ1) is 18.4. The standard InChI is InChI=1S/C18H16ClIN2O2/c1-3-8-24-18-16(20)9-14(10-17(18)23-2)12-22-21-11-13-4-6-15(19)7-5-13/h1,4-7,9-10,12,21H,8,11H2,2H3/b22-12-. The van der Waals surface area contributed by atoms with E-state index in [2.05, 4.69) is 39.0 Å².